The van der Waals surface area contributed by atoms with Gasteiger partial charge < -0.3 is 14.1 Å². The highest BCUT2D eigenvalue weighted by atomic mass is 32.2. The molecule has 0 aliphatic rings. The zero-order chi connectivity index (χ0) is 23.0. The molecule has 2 aromatic carbocycles. The summed E-state index contributed by atoms with van der Waals surface area (Å²) in [7, 11) is 0. The highest BCUT2D eigenvalue weighted by molar-refractivity contribution is 7.98. The number of halogens is 3. The normalized spacial score (nSPS) is 11.9. The van der Waals surface area contributed by atoms with Gasteiger partial charge in [-0.2, -0.15) is 13.2 Å². The largest absolute Gasteiger partial charge is 0.480 e. The van der Waals surface area contributed by atoms with Gasteiger partial charge in [-0.05, 0) is 61.9 Å². The van der Waals surface area contributed by atoms with E-state index < -0.39 is 17.7 Å². The average Bonchev–Trinajstić information content (AvgIpc) is 3.30. The standard InChI is InChI=1S/C23H19F3N2O3S/c1-13-17-9-10-28(11-21(29)30)18(17)7-8-20(13)32-12-19-14(2)27-22(31-19)15-3-5-16(6-4-15)23(24,25)26/h3-10H,11-12H2,1-2H3,(H,29,30). The van der Waals surface area contributed by atoms with Gasteiger partial charge in [-0.3, -0.25) is 4.79 Å². The Labute approximate surface area is 185 Å². The van der Waals surface area contributed by atoms with Crippen LogP contribution in [0.15, 0.2) is 58.0 Å². The Balaban J connectivity index is 1.52. The molecule has 1 N–H and O–H groups in total. The van der Waals surface area contributed by atoms with Crippen LogP contribution >= 0.6 is 11.8 Å². The molecule has 0 aliphatic heterocycles. The van der Waals surface area contributed by atoms with E-state index in [1.54, 1.807) is 29.4 Å². The summed E-state index contributed by atoms with van der Waals surface area (Å²) in [5, 5.41) is 10.0. The van der Waals surface area contributed by atoms with E-state index in [2.05, 4.69) is 4.98 Å². The van der Waals surface area contributed by atoms with Crippen molar-refractivity contribution in [1.29, 1.82) is 0 Å². The summed E-state index contributed by atoms with van der Waals surface area (Å²) in [5.74, 6) is 0.530. The highest BCUT2D eigenvalue weighted by Crippen LogP contribution is 2.34. The maximum absolute atomic E-state index is 12.8. The van der Waals surface area contributed by atoms with Crippen molar-refractivity contribution in [2.75, 3.05) is 0 Å². The fourth-order valence-electron chi connectivity index (χ4n) is 3.47. The third-order valence-electron chi connectivity index (χ3n) is 5.19. The number of carboxylic acid groups (broad SMARTS) is 1. The molecule has 0 aliphatic carbocycles. The zero-order valence-corrected chi connectivity index (χ0v) is 18.0. The van der Waals surface area contributed by atoms with Crippen molar-refractivity contribution in [1.82, 2.24) is 9.55 Å². The van der Waals surface area contributed by atoms with Gasteiger partial charge in [0.1, 0.15) is 12.3 Å². The van der Waals surface area contributed by atoms with Crippen molar-refractivity contribution in [3.63, 3.8) is 0 Å². The molecule has 5 nitrogen and oxygen atoms in total. The fourth-order valence-corrected chi connectivity index (χ4v) is 4.52. The molecule has 2 aromatic heterocycles. The smallest absolute Gasteiger partial charge is 0.416 e. The van der Waals surface area contributed by atoms with E-state index in [-0.39, 0.29) is 12.4 Å². The Morgan fingerprint density at radius 3 is 2.50 bits per heavy atom. The van der Waals surface area contributed by atoms with E-state index in [4.69, 9.17) is 9.52 Å². The third-order valence-corrected chi connectivity index (χ3v) is 6.35. The van der Waals surface area contributed by atoms with Gasteiger partial charge in [0.05, 0.1) is 17.0 Å². The van der Waals surface area contributed by atoms with Gasteiger partial charge in [-0.25, -0.2) is 4.98 Å². The van der Waals surface area contributed by atoms with E-state index >= 15 is 0 Å². The molecule has 0 atom stereocenters. The minimum absolute atomic E-state index is 0.0978. The Morgan fingerprint density at radius 2 is 1.84 bits per heavy atom. The molecule has 0 unspecified atom stereocenters. The number of hydrogen-bond acceptors (Lipinski definition) is 4. The van der Waals surface area contributed by atoms with Crippen LogP contribution in [0.25, 0.3) is 22.4 Å². The van der Waals surface area contributed by atoms with Crippen LogP contribution in [0.3, 0.4) is 0 Å². The second-order valence-corrected chi connectivity index (χ2v) is 8.37. The van der Waals surface area contributed by atoms with Crippen LogP contribution < -0.4 is 0 Å². The SMILES string of the molecule is Cc1nc(-c2ccc(C(F)(F)F)cc2)oc1CSc1ccc2c(ccn2CC(=O)O)c1C. The molecular weight excluding hydrogens is 441 g/mol. The molecular formula is C23H19F3N2O3S. The van der Waals surface area contributed by atoms with Crippen molar-refractivity contribution >= 4 is 28.6 Å². The molecule has 0 fully saturated rings. The minimum Gasteiger partial charge on any atom is -0.480 e. The van der Waals surface area contributed by atoms with E-state index in [0.29, 0.717) is 22.8 Å². The lowest BCUT2D eigenvalue weighted by Crippen LogP contribution is -2.07. The van der Waals surface area contributed by atoms with Gasteiger partial charge in [0, 0.05) is 27.6 Å². The van der Waals surface area contributed by atoms with Crippen molar-refractivity contribution in [2.45, 2.75) is 37.2 Å². The molecule has 0 radical (unpaired) electrons. The first-order valence-corrected chi connectivity index (χ1v) is 10.7. The van der Waals surface area contributed by atoms with Gasteiger partial charge in [-0.15, -0.1) is 11.8 Å². The number of carbonyl (C=O) groups is 1. The molecule has 2 heterocycles. The summed E-state index contributed by atoms with van der Waals surface area (Å²) in [6.07, 6.45) is -2.63. The lowest BCUT2D eigenvalue weighted by atomic mass is 10.1. The van der Waals surface area contributed by atoms with Crippen LogP contribution in [0.2, 0.25) is 0 Å². The number of nitrogens with zero attached hydrogens (tertiary/aromatic N) is 2. The predicted molar refractivity (Wildman–Crippen MR) is 116 cm³/mol. The lowest BCUT2D eigenvalue weighted by molar-refractivity contribution is -0.138. The topological polar surface area (TPSA) is 68.3 Å². The molecule has 0 saturated carbocycles. The Kier molecular flexibility index (Phi) is 5.77. The number of aliphatic carboxylic acids is 1. The van der Waals surface area contributed by atoms with Crippen molar-refractivity contribution in [2.24, 2.45) is 0 Å². The molecule has 0 saturated heterocycles. The van der Waals surface area contributed by atoms with Crippen LogP contribution in [0, 0.1) is 13.8 Å². The van der Waals surface area contributed by atoms with Gasteiger partial charge in [0.25, 0.3) is 0 Å². The van der Waals surface area contributed by atoms with Crippen LogP contribution in [0.1, 0.15) is 22.6 Å². The first-order valence-electron chi connectivity index (χ1n) is 9.70. The summed E-state index contributed by atoms with van der Waals surface area (Å²) < 4.78 is 45.8. The second kappa shape index (κ2) is 8.38. The van der Waals surface area contributed by atoms with Gasteiger partial charge in [-0.1, -0.05) is 0 Å². The quantitative estimate of drug-likeness (QED) is 0.342. The van der Waals surface area contributed by atoms with Gasteiger partial charge in [0.15, 0.2) is 0 Å². The molecule has 166 valence electrons. The van der Waals surface area contributed by atoms with Crippen molar-refractivity contribution < 1.29 is 27.5 Å². The van der Waals surface area contributed by atoms with E-state index in [9.17, 15) is 18.0 Å². The fraction of sp³-hybridized carbons (Fsp3) is 0.217. The lowest BCUT2D eigenvalue weighted by Gasteiger charge is -2.08. The van der Waals surface area contributed by atoms with Crippen LogP contribution in [-0.4, -0.2) is 20.6 Å². The number of aryl methyl sites for hydroxylation is 2. The number of carboxylic acids is 1. The maximum atomic E-state index is 12.8. The number of benzene rings is 2. The molecule has 0 amide bonds. The predicted octanol–water partition coefficient (Wildman–Crippen LogP) is 6.31. The number of oxazole rings is 1. The molecule has 32 heavy (non-hydrogen) atoms. The molecule has 0 spiro atoms. The highest BCUT2D eigenvalue weighted by Gasteiger charge is 2.30. The summed E-state index contributed by atoms with van der Waals surface area (Å²) in [6.45, 7) is 3.69. The number of fused-ring (bicyclic) bond motifs is 1. The van der Waals surface area contributed by atoms with E-state index in [1.807, 2.05) is 25.1 Å². The first kappa shape index (κ1) is 22.0. The second-order valence-electron chi connectivity index (χ2n) is 7.35. The van der Waals surface area contributed by atoms with Crippen LogP contribution in [-0.2, 0) is 23.3 Å². The molecule has 4 rings (SSSR count). The zero-order valence-electron chi connectivity index (χ0n) is 17.2. The number of thioether (sulfide) groups is 1. The summed E-state index contributed by atoms with van der Waals surface area (Å²) in [5.41, 5.74) is 2.34. The van der Waals surface area contributed by atoms with Crippen LogP contribution in [0.4, 0.5) is 13.2 Å². The first-order chi connectivity index (χ1) is 15.1. The Morgan fingerprint density at radius 1 is 1.12 bits per heavy atom. The Hall–Kier alpha value is -3.20. The summed E-state index contributed by atoms with van der Waals surface area (Å²) in [4.78, 5) is 16.4. The number of alkyl halides is 3. The molecule has 9 heteroatoms. The maximum Gasteiger partial charge on any atom is 0.416 e. The average molecular weight is 460 g/mol. The van der Waals surface area contributed by atoms with Crippen molar-refractivity contribution in [3.05, 3.63) is 71.2 Å². The van der Waals surface area contributed by atoms with E-state index in [1.165, 1.54) is 12.1 Å². The van der Waals surface area contributed by atoms with E-state index in [0.717, 1.165) is 33.5 Å². The number of aromatic nitrogens is 2. The van der Waals surface area contributed by atoms with Crippen molar-refractivity contribution in [3.8, 4) is 11.5 Å². The summed E-state index contributed by atoms with van der Waals surface area (Å²) >= 11 is 1.56. The van der Waals surface area contributed by atoms with Gasteiger partial charge in [0.2, 0.25) is 5.89 Å². The van der Waals surface area contributed by atoms with Crippen LogP contribution in [0.5, 0.6) is 0 Å². The van der Waals surface area contributed by atoms with Gasteiger partial charge >= 0.3 is 12.1 Å². The Bertz CT molecular complexity index is 1290. The minimum atomic E-state index is -4.39. The summed E-state index contributed by atoms with van der Waals surface area (Å²) in [6, 6.07) is 10.5. The third kappa shape index (κ3) is 4.38. The number of hydrogen-bond donors (Lipinski definition) is 1. The molecule has 4 aromatic rings. The monoisotopic (exact) mass is 460 g/mol. The molecule has 0 bridgehead atoms. The number of rotatable bonds is 6.